The van der Waals surface area contributed by atoms with Crippen molar-refractivity contribution in [1.29, 1.82) is 0 Å². The lowest BCUT2D eigenvalue weighted by Gasteiger charge is -2.18. The Hall–Kier alpha value is -3.04. The molecule has 2 amide bonds. The van der Waals surface area contributed by atoms with Gasteiger partial charge in [-0.1, -0.05) is 24.3 Å². The molecule has 2 aromatic carbocycles. The minimum Gasteiger partial charge on any atom is -0.368 e. The second-order valence-electron chi connectivity index (χ2n) is 6.35. The highest BCUT2D eigenvalue weighted by Gasteiger charge is 2.37. The summed E-state index contributed by atoms with van der Waals surface area (Å²) in [6, 6.07) is 5.96. The maximum atomic E-state index is 12.9. The van der Waals surface area contributed by atoms with Gasteiger partial charge in [0.25, 0.3) is 5.91 Å². The van der Waals surface area contributed by atoms with Gasteiger partial charge in [0, 0.05) is 12.0 Å². The number of hydrogen-bond acceptors (Lipinski definition) is 2. The van der Waals surface area contributed by atoms with Crippen LogP contribution in [-0.2, 0) is 23.6 Å². The highest BCUT2D eigenvalue weighted by atomic mass is 19.4. The van der Waals surface area contributed by atoms with Gasteiger partial charge in [0.15, 0.2) is 0 Å². The molecular formula is C19H16F6N2O2. The lowest BCUT2D eigenvalue weighted by Crippen LogP contribution is -2.46. The molecule has 0 heterocycles. The summed E-state index contributed by atoms with van der Waals surface area (Å²) in [6.07, 6.45) is -10.3. The van der Waals surface area contributed by atoms with E-state index in [0.717, 1.165) is 5.56 Å². The van der Waals surface area contributed by atoms with Gasteiger partial charge >= 0.3 is 12.4 Å². The van der Waals surface area contributed by atoms with Gasteiger partial charge in [0.2, 0.25) is 5.91 Å². The third kappa shape index (κ3) is 5.72. The highest BCUT2D eigenvalue weighted by Crippen LogP contribution is 2.36. The van der Waals surface area contributed by atoms with Crippen molar-refractivity contribution in [2.24, 2.45) is 5.73 Å². The zero-order chi connectivity index (χ0) is 22.0. The van der Waals surface area contributed by atoms with Crippen molar-refractivity contribution in [3.8, 4) is 0 Å². The lowest BCUT2D eigenvalue weighted by molar-refractivity contribution is -0.143. The molecule has 10 heteroatoms. The first-order valence-electron chi connectivity index (χ1n) is 8.23. The molecule has 1 atom stereocenters. The number of nitrogens with two attached hydrogens (primary N) is 1. The quantitative estimate of drug-likeness (QED) is 0.724. The summed E-state index contributed by atoms with van der Waals surface area (Å²) in [6.45, 7) is 1.73. The van der Waals surface area contributed by atoms with Crippen LogP contribution in [0.2, 0.25) is 0 Å². The van der Waals surface area contributed by atoms with Crippen LogP contribution in [-0.4, -0.2) is 17.9 Å². The zero-order valence-corrected chi connectivity index (χ0v) is 15.0. The van der Waals surface area contributed by atoms with Crippen LogP contribution < -0.4 is 11.1 Å². The number of alkyl halides is 6. The monoisotopic (exact) mass is 418 g/mol. The number of benzene rings is 2. The fourth-order valence-corrected chi connectivity index (χ4v) is 2.61. The van der Waals surface area contributed by atoms with Crippen molar-refractivity contribution >= 4 is 11.8 Å². The second-order valence-corrected chi connectivity index (χ2v) is 6.35. The van der Waals surface area contributed by atoms with Crippen LogP contribution in [0.25, 0.3) is 0 Å². The number of nitrogens with one attached hydrogen (secondary N) is 1. The largest absolute Gasteiger partial charge is 0.416 e. The normalized spacial score (nSPS) is 13.1. The van der Waals surface area contributed by atoms with Gasteiger partial charge in [-0.05, 0) is 36.2 Å². The van der Waals surface area contributed by atoms with E-state index in [-0.39, 0.29) is 24.6 Å². The van der Waals surface area contributed by atoms with Crippen LogP contribution in [0.15, 0.2) is 42.5 Å². The van der Waals surface area contributed by atoms with Gasteiger partial charge in [-0.3, -0.25) is 9.59 Å². The van der Waals surface area contributed by atoms with Gasteiger partial charge in [-0.2, -0.15) is 26.3 Å². The van der Waals surface area contributed by atoms with E-state index >= 15 is 0 Å². The van der Waals surface area contributed by atoms with Crippen LogP contribution in [0.1, 0.15) is 32.6 Å². The molecular weight excluding hydrogens is 402 g/mol. The lowest BCUT2D eigenvalue weighted by atomic mass is 10.00. The minimum atomic E-state index is -5.10. The van der Waals surface area contributed by atoms with Gasteiger partial charge in [-0.15, -0.1) is 0 Å². The fraction of sp³-hybridized carbons (Fsp3) is 0.263. The first kappa shape index (κ1) is 22.3. The smallest absolute Gasteiger partial charge is 0.368 e. The molecule has 0 aliphatic rings. The van der Waals surface area contributed by atoms with Crippen LogP contribution in [0.3, 0.4) is 0 Å². The van der Waals surface area contributed by atoms with Gasteiger partial charge < -0.3 is 11.1 Å². The number of primary amides is 1. The Balaban J connectivity index is 2.36. The molecule has 3 N–H and O–H groups in total. The molecule has 2 rings (SSSR count). The number of halogens is 6. The maximum absolute atomic E-state index is 12.9. The Labute approximate surface area is 161 Å². The maximum Gasteiger partial charge on any atom is 0.416 e. The van der Waals surface area contributed by atoms with E-state index in [1.54, 1.807) is 31.2 Å². The standard InChI is InChI=1S/C19H16F6N2O2/c1-10-4-2-3-5-11(10)8-15(16(26)28)27-17(29)12-6-13(18(20,21)22)9-14(7-12)19(23,24)25/h2-7,9,15H,8H2,1H3,(H2,26,28)(H,27,29)/t15-/m1/s1. The van der Waals surface area contributed by atoms with E-state index in [1.807, 2.05) is 0 Å². The third-order valence-electron chi connectivity index (χ3n) is 4.18. The van der Waals surface area contributed by atoms with E-state index in [4.69, 9.17) is 5.73 Å². The Morgan fingerprint density at radius 1 is 0.966 bits per heavy atom. The van der Waals surface area contributed by atoms with E-state index in [9.17, 15) is 35.9 Å². The second kappa shape index (κ2) is 8.14. The summed E-state index contributed by atoms with van der Waals surface area (Å²) < 4.78 is 77.7. The predicted octanol–water partition coefficient (Wildman–Crippen LogP) is 3.86. The van der Waals surface area contributed by atoms with Crippen molar-refractivity contribution in [3.63, 3.8) is 0 Å². The first-order valence-corrected chi connectivity index (χ1v) is 8.23. The Kier molecular flexibility index (Phi) is 6.24. The van der Waals surface area contributed by atoms with Gasteiger partial charge in [0.05, 0.1) is 11.1 Å². The van der Waals surface area contributed by atoms with Crippen LogP contribution in [0.4, 0.5) is 26.3 Å². The van der Waals surface area contributed by atoms with E-state index < -0.39 is 46.9 Å². The molecule has 0 aliphatic carbocycles. The Morgan fingerprint density at radius 3 is 1.93 bits per heavy atom. The van der Waals surface area contributed by atoms with Crippen LogP contribution >= 0.6 is 0 Å². The fourth-order valence-electron chi connectivity index (χ4n) is 2.61. The average Bonchev–Trinajstić information content (AvgIpc) is 2.60. The number of rotatable bonds is 5. The molecule has 0 spiro atoms. The molecule has 0 radical (unpaired) electrons. The van der Waals surface area contributed by atoms with Crippen molar-refractivity contribution in [2.75, 3.05) is 0 Å². The summed E-state index contributed by atoms with van der Waals surface area (Å²) in [4.78, 5) is 24.0. The molecule has 0 unspecified atom stereocenters. The van der Waals surface area contributed by atoms with Crippen molar-refractivity contribution < 1.29 is 35.9 Å². The molecule has 0 fully saturated rings. The molecule has 0 aliphatic heterocycles. The number of carbonyl (C=O) groups excluding carboxylic acids is 2. The van der Waals surface area contributed by atoms with E-state index in [0.29, 0.717) is 5.56 Å². The van der Waals surface area contributed by atoms with E-state index in [2.05, 4.69) is 5.32 Å². The molecule has 156 valence electrons. The van der Waals surface area contributed by atoms with Gasteiger partial charge in [-0.25, -0.2) is 0 Å². The summed E-state index contributed by atoms with van der Waals surface area (Å²) in [5.41, 5.74) is 2.50. The zero-order valence-electron chi connectivity index (χ0n) is 15.0. The summed E-state index contributed by atoms with van der Waals surface area (Å²) in [5, 5.41) is 2.12. The van der Waals surface area contributed by atoms with Crippen molar-refractivity contribution in [3.05, 3.63) is 70.3 Å². The highest BCUT2D eigenvalue weighted by molar-refractivity contribution is 5.97. The van der Waals surface area contributed by atoms with Gasteiger partial charge in [0.1, 0.15) is 6.04 Å². The summed E-state index contributed by atoms with van der Waals surface area (Å²) in [7, 11) is 0. The van der Waals surface area contributed by atoms with Crippen LogP contribution in [0.5, 0.6) is 0 Å². The number of aryl methyl sites for hydroxylation is 1. The minimum absolute atomic E-state index is 0.0706. The molecule has 0 saturated carbocycles. The van der Waals surface area contributed by atoms with Crippen LogP contribution in [0, 0.1) is 6.92 Å². The SMILES string of the molecule is Cc1ccccc1C[C@@H](NC(=O)c1cc(C(F)(F)F)cc(C(F)(F)F)c1)C(N)=O. The topological polar surface area (TPSA) is 72.2 Å². The third-order valence-corrected chi connectivity index (χ3v) is 4.18. The molecule has 4 nitrogen and oxygen atoms in total. The van der Waals surface area contributed by atoms with Crippen molar-refractivity contribution in [2.45, 2.75) is 31.7 Å². The number of hydrogen-bond donors (Lipinski definition) is 2. The molecule has 0 saturated heterocycles. The summed E-state index contributed by atoms with van der Waals surface area (Å²) >= 11 is 0. The summed E-state index contributed by atoms with van der Waals surface area (Å²) in [5.74, 6) is -2.26. The molecule has 0 aromatic heterocycles. The van der Waals surface area contributed by atoms with E-state index in [1.165, 1.54) is 0 Å². The molecule has 0 bridgehead atoms. The number of amides is 2. The number of carbonyl (C=O) groups is 2. The molecule has 2 aromatic rings. The average molecular weight is 418 g/mol. The Morgan fingerprint density at radius 2 is 1.48 bits per heavy atom. The molecule has 29 heavy (non-hydrogen) atoms. The van der Waals surface area contributed by atoms with Crippen molar-refractivity contribution in [1.82, 2.24) is 5.32 Å². The predicted molar refractivity (Wildman–Crippen MR) is 91.8 cm³/mol. The first-order chi connectivity index (χ1) is 13.3. The Bertz CT molecular complexity index is 889.